The molecule has 1 aliphatic carbocycles. The summed E-state index contributed by atoms with van der Waals surface area (Å²) in [6.07, 6.45) is 6.59. The Morgan fingerprint density at radius 1 is 1.20 bits per heavy atom. The average Bonchev–Trinajstić information content (AvgIpc) is 1.77. The van der Waals surface area contributed by atoms with E-state index < -0.39 is 11.3 Å². The number of nitrogens with two attached hydrogens (primary N) is 2. The predicted octanol–water partition coefficient (Wildman–Crippen LogP) is -0.523. The number of hydrogen-bond acceptors (Lipinski definition) is 3. The number of rotatable bonds is 0. The zero-order valence-electron chi connectivity index (χ0n) is 5.91. The molecule has 1 aliphatic rings. The van der Waals surface area contributed by atoms with E-state index in [4.69, 9.17) is 11.5 Å². The van der Waals surface area contributed by atoms with Crippen molar-refractivity contribution >= 4 is 0 Å². The highest BCUT2D eigenvalue weighted by molar-refractivity contribution is 5.28. The molecule has 0 heterocycles. The second kappa shape index (κ2) is 1.92. The Labute approximate surface area is 60.0 Å². The lowest BCUT2D eigenvalue weighted by molar-refractivity contribution is 0.0427. The van der Waals surface area contributed by atoms with Crippen LogP contribution in [0.25, 0.3) is 0 Å². The van der Waals surface area contributed by atoms with Crippen molar-refractivity contribution in [3.05, 3.63) is 24.3 Å². The third-order valence-electron chi connectivity index (χ3n) is 1.77. The van der Waals surface area contributed by atoms with Gasteiger partial charge in [0.15, 0.2) is 5.72 Å². The van der Waals surface area contributed by atoms with Crippen molar-refractivity contribution < 1.29 is 5.11 Å². The Morgan fingerprint density at radius 3 is 2.00 bits per heavy atom. The van der Waals surface area contributed by atoms with E-state index in [1.54, 1.807) is 25.2 Å². The summed E-state index contributed by atoms with van der Waals surface area (Å²) < 4.78 is 0. The largest absolute Gasteiger partial charge is 0.370 e. The minimum Gasteiger partial charge on any atom is -0.370 e. The second-order valence-corrected chi connectivity index (χ2v) is 2.83. The SMILES string of the molecule is CC1(N)C=CC=CC1(N)O. The fourth-order valence-electron chi connectivity index (χ4n) is 0.771. The van der Waals surface area contributed by atoms with Crippen molar-refractivity contribution in [3.63, 3.8) is 0 Å². The van der Waals surface area contributed by atoms with Crippen LogP contribution in [0, 0.1) is 0 Å². The molecule has 0 aliphatic heterocycles. The maximum absolute atomic E-state index is 9.42. The van der Waals surface area contributed by atoms with E-state index in [1.807, 2.05) is 0 Å². The summed E-state index contributed by atoms with van der Waals surface area (Å²) in [4.78, 5) is 0. The molecule has 0 aromatic heterocycles. The smallest absolute Gasteiger partial charge is 0.154 e. The molecule has 5 N–H and O–H groups in total. The molecule has 2 atom stereocenters. The summed E-state index contributed by atoms with van der Waals surface area (Å²) in [6, 6.07) is 0. The summed E-state index contributed by atoms with van der Waals surface area (Å²) >= 11 is 0. The van der Waals surface area contributed by atoms with Crippen LogP contribution in [-0.2, 0) is 0 Å². The highest BCUT2D eigenvalue weighted by Gasteiger charge is 2.37. The number of allylic oxidation sites excluding steroid dienone is 2. The molecule has 0 saturated heterocycles. The molecule has 3 nitrogen and oxygen atoms in total. The normalized spacial score (nSPS) is 46.0. The molecule has 1 rings (SSSR count). The van der Waals surface area contributed by atoms with E-state index in [2.05, 4.69) is 0 Å². The van der Waals surface area contributed by atoms with Gasteiger partial charge in [-0.2, -0.15) is 0 Å². The molecule has 10 heavy (non-hydrogen) atoms. The fraction of sp³-hybridized carbons (Fsp3) is 0.429. The van der Waals surface area contributed by atoms with Crippen LogP contribution in [0.4, 0.5) is 0 Å². The van der Waals surface area contributed by atoms with Crippen molar-refractivity contribution in [2.75, 3.05) is 0 Å². The molecule has 0 fully saturated rings. The minimum atomic E-state index is -1.41. The van der Waals surface area contributed by atoms with E-state index in [1.165, 1.54) is 6.08 Å². The summed E-state index contributed by atoms with van der Waals surface area (Å²) in [7, 11) is 0. The molecule has 2 unspecified atom stereocenters. The number of hydrogen-bond donors (Lipinski definition) is 3. The first-order valence-electron chi connectivity index (χ1n) is 3.13. The topological polar surface area (TPSA) is 72.3 Å². The lowest BCUT2D eigenvalue weighted by Gasteiger charge is -2.36. The van der Waals surface area contributed by atoms with Gasteiger partial charge in [-0.3, -0.25) is 5.73 Å². The van der Waals surface area contributed by atoms with Crippen LogP contribution in [0.15, 0.2) is 24.3 Å². The first-order chi connectivity index (χ1) is 4.46. The fourth-order valence-corrected chi connectivity index (χ4v) is 0.771. The molecular formula is C7H12N2O. The van der Waals surface area contributed by atoms with Gasteiger partial charge in [0.1, 0.15) is 0 Å². The molecule has 0 bridgehead atoms. The van der Waals surface area contributed by atoms with Gasteiger partial charge in [-0.05, 0) is 13.0 Å². The van der Waals surface area contributed by atoms with Crippen molar-refractivity contribution in [2.24, 2.45) is 11.5 Å². The van der Waals surface area contributed by atoms with Gasteiger partial charge in [-0.25, -0.2) is 0 Å². The highest BCUT2D eigenvalue weighted by atomic mass is 16.3. The highest BCUT2D eigenvalue weighted by Crippen LogP contribution is 2.20. The molecule has 0 aromatic rings. The van der Waals surface area contributed by atoms with Gasteiger partial charge in [-0.1, -0.05) is 18.2 Å². The van der Waals surface area contributed by atoms with Crippen LogP contribution in [0.5, 0.6) is 0 Å². The zero-order valence-corrected chi connectivity index (χ0v) is 5.91. The van der Waals surface area contributed by atoms with Crippen molar-refractivity contribution in [3.8, 4) is 0 Å². The third-order valence-corrected chi connectivity index (χ3v) is 1.77. The summed E-state index contributed by atoms with van der Waals surface area (Å²) in [5.74, 6) is 0. The zero-order chi connectivity index (χ0) is 7.83. The van der Waals surface area contributed by atoms with Gasteiger partial charge in [0.2, 0.25) is 0 Å². The average molecular weight is 140 g/mol. The van der Waals surface area contributed by atoms with Crippen LogP contribution >= 0.6 is 0 Å². The van der Waals surface area contributed by atoms with Crippen LogP contribution in [-0.4, -0.2) is 16.4 Å². The van der Waals surface area contributed by atoms with Crippen molar-refractivity contribution in [1.82, 2.24) is 0 Å². The predicted molar refractivity (Wildman–Crippen MR) is 40.0 cm³/mol. The quantitative estimate of drug-likeness (QED) is 0.396. The Balaban J connectivity index is 2.96. The first-order valence-corrected chi connectivity index (χ1v) is 3.13. The van der Waals surface area contributed by atoms with E-state index >= 15 is 0 Å². The molecule has 3 heteroatoms. The Morgan fingerprint density at radius 2 is 1.70 bits per heavy atom. The van der Waals surface area contributed by atoms with Gasteiger partial charge >= 0.3 is 0 Å². The maximum atomic E-state index is 9.42. The van der Waals surface area contributed by atoms with E-state index in [9.17, 15) is 5.11 Å². The molecule has 0 aromatic carbocycles. The van der Waals surface area contributed by atoms with E-state index in [-0.39, 0.29) is 0 Å². The lowest BCUT2D eigenvalue weighted by atomic mass is 9.86. The first kappa shape index (κ1) is 7.47. The Hall–Kier alpha value is -0.640. The summed E-state index contributed by atoms with van der Waals surface area (Å²) in [6.45, 7) is 1.67. The van der Waals surface area contributed by atoms with E-state index in [0.717, 1.165) is 0 Å². The van der Waals surface area contributed by atoms with Gasteiger partial charge in [0.05, 0.1) is 5.54 Å². The number of aliphatic hydroxyl groups is 1. The van der Waals surface area contributed by atoms with Crippen LogP contribution in [0.2, 0.25) is 0 Å². The van der Waals surface area contributed by atoms with Gasteiger partial charge in [-0.15, -0.1) is 0 Å². The Bertz CT molecular complexity index is 170. The minimum absolute atomic E-state index is 0.859. The molecule has 0 radical (unpaired) electrons. The molecule has 0 spiro atoms. The standard InChI is InChI=1S/C7H12N2O/c1-6(8)4-2-3-5-7(6,9)10/h2-5,10H,8-9H2,1H3. The monoisotopic (exact) mass is 140 g/mol. The Kier molecular flexibility index (Phi) is 1.43. The van der Waals surface area contributed by atoms with Gasteiger partial charge in [0.25, 0.3) is 0 Å². The maximum Gasteiger partial charge on any atom is 0.154 e. The van der Waals surface area contributed by atoms with Crippen molar-refractivity contribution in [2.45, 2.75) is 18.2 Å². The molecular weight excluding hydrogens is 128 g/mol. The van der Waals surface area contributed by atoms with Crippen LogP contribution < -0.4 is 11.5 Å². The summed E-state index contributed by atoms with van der Waals surface area (Å²) in [5, 5.41) is 9.42. The third kappa shape index (κ3) is 0.988. The van der Waals surface area contributed by atoms with Crippen LogP contribution in [0.3, 0.4) is 0 Å². The van der Waals surface area contributed by atoms with Gasteiger partial charge < -0.3 is 10.8 Å². The van der Waals surface area contributed by atoms with E-state index in [0.29, 0.717) is 0 Å². The summed E-state index contributed by atoms with van der Waals surface area (Å²) in [5.41, 5.74) is 8.82. The molecule has 0 saturated carbocycles. The van der Waals surface area contributed by atoms with Crippen LogP contribution in [0.1, 0.15) is 6.92 Å². The van der Waals surface area contributed by atoms with Gasteiger partial charge in [0, 0.05) is 0 Å². The second-order valence-electron chi connectivity index (χ2n) is 2.83. The molecule has 0 amide bonds. The lowest BCUT2D eigenvalue weighted by Crippen LogP contribution is -2.62. The molecule has 56 valence electrons. The van der Waals surface area contributed by atoms with Crippen molar-refractivity contribution in [1.29, 1.82) is 0 Å².